The highest BCUT2D eigenvalue weighted by molar-refractivity contribution is 5.51. The highest BCUT2D eigenvalue weighted by Gasteiger charge is 2.24. The van der Waals surface area contributed by atoms with Crippen LogP contribution in [0.5, 0.6) is 28.7 Å². The van der Waals surface area contributed by atoms with E-state index in [1.807, 2.05) is 49.5 Å². The molecular formula is C19H21NO5. The normalized spacial score (nSPS) is 18.1. The molecule has 0 spiro atoms. The second-order valence-electron chi connectivity index (χ2n) is 5.94. The second-order valence-corrected chi connectivity index (χ2v) is 5.94. The predicted molar refractivity (Wildman–Crippen MR) is 91.9 cm³/mol. The van der Waals surface area contributed by atoms with Crippen LogP contribution in [0.15, 0.2) is 42.5 Å². The van der Waals surface area contributed by atoms with Gasteiger partial charge >= 0.3 is 0 Å². The molecule has 6 heteroatoms. The predicted octanol–water partition coefficient (Wildman–Crippen LogP) is 2.57. The van der Waals surface area contributed by atoms with Crippen molar-refractivity contribution in [3.8, 4) is 28.7 Å². The molecule has 0 aliphatic carbocycles. The van der Waals surface area contributed by atoms with Gasteiger partial charge in [0, 0.05) is 6.54 Å². The molecule has 0 amide bonds. The van der Waals surface area contributed by atoms with Crippen molar-refractivity contribution in [2.75, 3.05) is 40.0 Å². The zero-order valence-electron chi connectivity index (χ0n) is 14.1. The summed E-state index contributed by atoms with van der Waals surface area (Å²) in [6.07, 6.45) is -0.136. The Bertz CT molecular complexity index is 736. The molecule has 2 aliphatic heterocycles. The Kier molecular flexibility index (Phi) is 4.52. The molecule has 2 aliphatic rings. The molecule has 0 unspecified atom stereocenters. The Morgan fingerprint density at radius 1 is 0.960 bits per heavy atom. The van der Waals surface area contributed by atoms with Gasteiger partial charge in [-0.1, -0.05) is 18.2 Å². The van der Waals surface area contributed by atoms with E-state index in [1.165, 1.54) is 0 Å². The standard InChI is InChI=1S/C19H21NO5/c1-20(18-13-24-14-5-2-3-6-15(14)25-18)9-10-21-16-7-4-8-17-19(16)23-12-11-22-17/h2-8,18H,9-13H2,1H3/t18-/m0/s1. The quantitative estimate of drug-likeness (QED) is 0.832. The van der Waals surface area contributed by atoms with E-state index in [1.54, 1.807) is 0 Å². The van der Waals surface area contributed by atoms with Gasteiger partial charge in [-0.3, -0.25) is 4.90 Å². The first-order valence-electron chi connectivity index (χ1n) is 8.41. The smallest absolute Gasteiger partial charge is 0.203 e. The lowest BCUT2D eigenvalue weighted by atomic mass is 10.3. The van der Waals surface area contributed by atoms with E-state index in [2.05, 4.69) is 4.90 Å². The zero-order chi connectivity index (χ0) is 17.1. The number of ether oxygens (including phenoxy) is 5. The maximum Gasteiger partial charge on any atom is 0.203 e. The average molecular weight is 343 g/mol. The summed E-state index contributed by atoms with van der Waals surface area (Å²) in [4.78, 5) is 2.07. The van der Waals surface area contributed by atoms with E-state index < -0.39 is 0 Å². The first kappa shape index (κ1) is 15.9. The Labute approximate surface area is 146 Å². The maximum absolute atomic E-state index is 5.99. The van der Waals surface area contributed by atoms with Crippen LogP contribution in [-0.2, 0) is 0 Å². The monoisotopic (exact) mass is 343 g/mol. The number of fused-ring (bicyclic) bond motifs is 2. The molecule has 25 heavy (non-hydrogen) atoms. The lowest BCUT2D eigenvalue weighted by molar-refractivity contribution is -0.0199. The van der Waals surface area contributed by atoms with Gasteiger partial charge in [-0.15, -0.1) is 0 Å². The molecule has 0 radical (unpaired) electrons. The molecule has 2 heterocycles. The molecule has 6 nitrogen and oxygen atoms in total. The summed E-state index contributed by atoms with van der Waals surface area (Å²) >= 11 is 0. The van der Waals surface area contributed by atoms with Crippen LogP contribution in [0.3, 0.4) is 0 Å². The Morgan fingerprint density at radius 2 is 1.76 bits per heavy atom. The van der Waals surface area contributed by atoms with Crippen LogP contribution in [-0.4, -0.2) is 51.1 Å². The van der Waals surface area contributed by atoms with E-state index in [0.717, 1.165) is 17.2 Å². The fourth-order valence-electron chi connectivity index (χ4n) is 2.83. The lowest BCUT2D eigenvalue weighted by Gasteiger charge is -2.32. The van der Waals surface area contributed by atoms with Crippen LogP contribution in [0.25, 0.3) is 0 Å². The van der Waals surface area contributed by atoms with Crippen LogP contribution in [0.1, 0.15) is 0 Å². The minimum absolute atomic E-state index is 0.136. The summed E-state index contributed by atoms with van der Waals surface area (Å²) in [5.74, 6) is 3.68. The van der Waals surface area contributed by atoms with Crippen LogP contribution < -0.4 is 23.7 Å². The molecule has 0 saturated carbocycles. The van der Waals surface area contributed by atoms with Crippen molar-refractivity contribution in [2.24, 2.45) is 0 Å². The molecule has 0 saturated heterocycles. The summed E-state index contributed by atoms with van der Waals surface area (Å²) < 4.78 is 28.9. The minimum atomic E-state index is -0.136. The van der Waals surface area contributed by atoms with E-state index in [0.29, 0.717) is 44.5 Å². The molecular weight excluding hydrogens is 322 g/mol. The van der Waals surface area contributed by atoms with Gasteiger partial charge in [0.25, 0.3) is 0 Å². The van der Waals surface area contributed by atoms with Gasteiger partial charge in [0.05, 0.1) is 0 Å². The van der Waals surface area contributed by atoms with Crippen LogP contribution in [0, 0.1) is 0 Å². The molecule has 0 N–H and O–H groups in total. The highest BCUT2D eigenvalue weighted by Crippen LogP contribution is 2.39. The number of likely N-dealkylation sites (N-methyl/N-ethyl adjacent to an activating group) is 1. The van der Waals surface area contributed by atoms with Crippen molar-refractivity contribution in [2.45, 2.75) is 6.23 Å². The first-order valence-corrected chi connectivity index (χ1v) is 8.41. The van der Waals surface area contributed by atoms with Gasteiger partial charge in [0.1, 0.15) is 26.4 Å². The van der Waals surface area contributed by atoms with Gasteiger partial charge in [-0.05, 0) is 31.3 Å². The van der Waals surface area contributed by atoms with Crippen molar-refractivity contribution in [3.63, 3.8) is 0 Å². The van der Waals surface area contributed by atoms with Crippen molar-refractivity contribution in [1.82, 2.24) is 4.90 Å². The molecule has 2 aromatic rings. The van der Waals surface area contributed by atoms with E-state index in [4.69, 9.17) is 23.7 Å². The Morgan fingerprint density at radius 3 is 2.68 bits per heavy atom. The summed E-state index contributed by atoms with van der Waals surface area (Å²) in [6, 6.07) is 13.4. The number of hydrogen-bond donors (Lipinski definition) is 0. The number of rotatable bonds is 5. The van der Waals surface area contributed by atoms with Gasteiger partial charge < -0.3 is 23.7 Å². The summed E-state index contributed by atoms with van der Waals surface area (Å²) in [6.45, 7) is 2.81. The van der Waals surface area contributed by atoms with Gasteiger partial charge in [-0.25, -0.2) is 0 Å². The van der Waals surface area contributed by atoms with E-state index in [-0.39, 0.29) is 6.23 Å². The largest absolute Gasteiger partial charge is 0.488 e. The molecule has 0 bridgehead atoms. The lowest BCUT2D eigenvalue weighted by Crippen LogP contribution is -2.44. The topological polar surface area (TPSA) is 49.4 Å². The third-order valence-electron chi connectivity index (χ3n) is 4.22. The van der Waals surface area contributed by atoms with Crippen molar-refractivity contribution in [1.29, 1.82) is 0 Å². The minimum Gasteiger partial charge on any atom is -0.488 e. The number of hydrogen-bond acceptors (Lipinski definition) is 6. The van der Waals surface area contributed by atoms with Crippen molar-refractivity contribution >= 4 is 0 Å². The average Bonchev–Trinajstić information content (AvgIpc) is 2.67. The number of benzene rings is 2. The maximum atomic E-state index is 5.99. The third kappa shape index (κ3) is 3.44. The summed E-state index contributed by atoms with van der Waals surface area (Å²) in [5.41, 5.74) is 0. The highest BCUT2D eigenvalue weighted by atomic mass is 16.6. The van der Waals surface area contributed by atoms with Gasteiger partial charge in [-0.2, -0.15) is 0 Å². The molecule has 0 aromatic heterocycles. The van der Waals surface area contributed by atoms with Crippen LogP contribution in [0.4, 0.5) is 0 Å². The van der Waals surface area contributed by atoms with Crippen molar-refractivity contribution < 1.29 is 23.7 Å². The van der Waals surface area contributed by atoms with Crippen LogP contribution in [0.2, 0.25) is 0 Å². The Hall–Kier alpha value is -2.60. The fraction of sp³-hybridized carbons (Fsp3) is 0.368. The van der Waals surface area contributed by atoms with Crippen LogP contribution >= 0.6 is 0 Å². The van der Waals surface area contributed by atoms with Crippen molar-refractivity contribution in [3.05, 3.63) is 42.5 Å². The fourth-order valence-corrected chi connectivity index (χ4v) is 2.83. The van der Waals surface area contributed by atoms with E-state index >= 15 is 0 Å². The summed E-state index contributed by atoms with van der Waals surface area (Å²) in [7, 11) is 1.99. The molecule has 132 valence electrons. The molecule has 2 aromatic carbocycles. The molecule has 4 rings (SSSR count). The van der Waals surface area contributed by atoms with E-state index in [9.17, 15) is 0 Å². The number of para-hydroxylation sites is 3. The first-order chi connectivity index (χ1) is 12.3. The SMILES string of the molecule is CN(CCOc1cccc2c1OCCO2)[C@@H]1COc2ccccc2O1. The second kappa shape index (κ2) is 7.11. The Balaban J connectivity index is 1.32. The number of nitrogens with zero attached hydrogens (tertiary/aromatic N) is 1. The summed E-state index contributed by atoms with van der Waals surface area (Å²) in [5, 5.41) is 0. The third-order valence-corrected chi connectivity index (χ3v) is 4.22. The zero-order valence-corrected chi connectivity index (χ0v) is 14.1. The van der Waals surface area contributed by atoms with Gasteiger partial charge in [0.2, 0.25) is 5.75 Å². The molecule has 0 fully saturated rings. The van der Waals surface area contributed by atoms with Gasteiger partial charge in [0.15, 0.2) is 29.2 Å². The molecule has 1 atom stereocenters.